The number of carboxylic acids is 1. The molecule has 2 rings (SSSR count). The summed E-state index contributed by atoms with van der Waals surface area (Å²) in [6.07, 6.45) is 1.87. The van der Waals surface area contributed by atoms with Crippen LogP contribution in [0.5, 0.6) is 0 Å². The van der Waals surface area contributed by atoms with Crippen LogP contribution in [0.1, 0.15) is 18.4 Å². The summed E-state index contributed by atoms with van der Waals surface area (Å²) >= 11 is 0. The van der Waals surface area contributed by atoms with Gasteiger partial charge in [-0.1, -0.05) is 0 Å². The Kier molecular flexibility index (Phi) is 4.72. The van der Waals surface area contributed by atoms with E-state index >= 15 is 0 Å². The van der Waals surface area contributed by atoms with E-state index in [2.05, 4.69) is 5.32 Å². The Morgan fingerprint density at radius 3 is 2.38 bits per heavy atom. The van der Waals surface area contributed by atoms with Gasteiger partial charge in [0.15, 0.2) is 0 Å². The first kappa shape index (κ1) is 15.2. The molecule has 2 amide bonds. The number of carbonyl (C=O) groups excluding carboxylic acids is 1. The molecule has 1 aliphatic rings. The SMILES string of the molecule is O=C(O)CN(C(=O)NCCc1cc(F)cc(F)c1)C1CC1. The van der Waals surface area contributed by atoms with Gasteiger partial charge in [-0.3, -0.25) is 4.79 Å². The second-order valence-electron chi connectivity index (χ2n) is 5.01. The third kappa shape index (κ3) is 4.70. The van der Waals surface area contributed by atoms with Crippen molar-refractivity contribution in [2.75, 3.05) is 13.1 Å². The van der Waals surface area contributed by atoms with Gasteiger partial charge in [-0.05, 0) is 37.0 Å². The van der Waals surface area contributed by atoms with Gasteiger partial charge in [0.2, 0.25) is 0 Å². The molecule has 0 heterocycles. The predicted octanol–water partition coefficient (Wildman–Crippen LogP) is 1.77. The molecule has 114 valence electrons. The Balaban J connectivity index is 1.84. The van der Waals surface area contributed by atoms with Crippen molar-refractivity contribution in [3.05, 3.63) is 35.4 Å². The average molecular weight is 298 g/mol. The van der Waals surface area contributed by atoms with Gasteiger partial charge in [-0.25, -0.2) is 13.6 Å². The number of carbonyl (C=O) groups is 2. The van der Waals surface area contributed by atoms with E-state index in [-0.39, 0.29) is 25.6 Å². The van der Waals surface area contributed by atoms with E-state index in [1.807, 2.05) is 0 Å². The number of rotatable bonds is 6. The van der Waals surface area contributed by atoms with Gasteiger partial charge >= 0.3 is 12.0 Å². The minimum Gasteiger partial charge on any atom is -0.480 e. The van der Waals surface area contributed by atoms with Crippen molar-refractivity contribution in [2.45, 2.75) is 25.3 Å². The van der Waals surface area contributed by atoms with Gasteiger partial charge in [0, 0.05) is 18.7 Å². The highest BCUT2D eigenvalue weighted by atomic mass is 19.1. The molecule has 7 heteroatoms. The van der Waals surface area contributed by atoms with Crippen LogP contribution in [0.15, 0.2) is 18.2 Å². The fourth-order valence-corrected chi connectivity index (χ4v) is 2.07. The first-order chi connectivity index (χ1) is 9.95. The van der Waals surface area contributed by atoms with Crippen molar-refractivity contribution < 1.29 is 23.5 Å². The van der Waals surface area contributed by atoms with Crippen LogP contribution in [0.2, 0.25) is 0 Å². The molecule has 1 aliphatic carbocycles. The summed E-state index contributed by atoms with van der Waals surface area (Å²) in [5.74, 6) is -2.40. The molecule has 1 aromatic carbocycles. The van der Waals surface area contributed by atoms with Gasteiger partial charge in [-0.15, -0.1) is 0 Å². The largest absolute Gasteiger partial charge is 0.480 e. The fraction of sp³-hybridized carbons (Fsp3) is 0.429. The first-order valence-electron chi connectivity index (χ1n) is 6.67. The monoisotopic (exact) mass is 298 g/mol. The number of hydrogen-bond acceptors (Lipinski definition) is 2. The highest BCUT2D eigenvalue weighted by Crippen LogP contribution is 2.26. The highest BCUT2D eigenvalue weighted by molar-refractivity contribution is 5.80. The summed E-state index contributed by atoms with van der Waals surface area (Å²) in [5, 5.41) is 11.3. The van der Waals surface area contributed by atoms with Gasteiger partial charge in [0.1, 0.15) is 18.2 Å². The quantitative estimate of drug-likeness (QED) is 0.841. The summed E-state index contributed by atoms with van der Waals surface area (Å²) in [6, 6.07) is 2.70. The van der Waals surface area contributed by atoms with E-state index in [4.69, 9.17) is 5.11 Å². The van der Waals surface area contributed by atoms with Crippen LogP contribution < -0.4 is 5.32 Å². The minimum atomic E-state index is -1.07. The summed E-state index contributed by atoms with van der Waals surface area (Å²) in [6.45, 7) is -0.157. The Morgan fingerprint density at radius 1 is 1.24 bits per heavy atom. The van der Waals surface area contributed by atoms with Crippen LogP contribution in [0.25, 0.3) is 0 Å². The maximum atomic E-state index is 13.0. The molecule has 1 saturated carbocycles. The molecular formula is C14H16F2N2O3. The molecule has 0 aliphatic heterocycles. The van der Waals surface area contributed by atoms with Crippen molar-refractivity contribution >= 4 is 12.0 Å². The molecule has 5 nitrogen and oxygen atoms in total. The lowest BCUT2D eigenvalue weighted by atomic mass is 10.1. The topological polar surface area (TPSA) is 69.6 Å². The molecule has 0 saturated heterocycles. The number of halogens is 2. The lowest BCUT2D eigenvalue weighted by Gasteiger charge is -2.20. The second kappa shape index (κ2) is 6.51. The van der Waals surface area contributed by atoms with Crippen molar-refractivity contribution in [2.24, 2.45) is 0 Å². The Bertz CT molecular complexity index is 527. The number of carboxylic acid groups (broad SMARTS) is 1. The number of nitrogens with one attached hydrogen (secondary N) is 1. The van der Waals surface area contributed by atoms with Crippen molar-refractivity contribution in [1.82, 2.24) is 10.2 Å². The van der Waals surface area contributed by atoms with Gasteiger partial charge in [0.05, 0.1) is 0 Å². The summed E-state index contributed by atoms with van der Waals surface area (Å²) in [5.41, 5.74) is 0.434. The maximum Gasteiger partial charge on any atom is 0.323 e. The van der Waals surface area contributed by atoms with E-state index in [0.717, 1.165) is 18.9 Å². The normalized spacial score (nSPS) is 13.8. The lowest BCUT2D eigenvalue weighted by Crippen LogP contribution is -2.44. The summed E-state index contributed by atoms with van der Waals surface area (Å²) < 4.78 is 26.0. The Morgan fingerprint density at radius 2 is 1.86 bits per heavy atom. The maximum absolute atomic E-state index is 13.0. The van der Waals surface area contributed by atoms with Crippen LogP contribution in [0.3, 0.4) is 0 Å². The van der Waals surface area contributed by atoms with Gasteiger partial charge in [0.25, 0.3) is 0 Å². The molecule has 0 bridgehead atoms. The molecule has 2 N–H and O–H groups in total. The van der Waals surface area contributed by atoms with E-state index < -0.39 is 23.6 Å². The first-order valence-corrected chi connectivity index (χ1v) is 6.67. The molecule has 0 spiro atoms. The average Bonchev–Trinajstić information content (AvgIpc) is 3.18. The van der Waals surface area contributed by atoms with Crippen LogP contribution in [0, 0.1) is 11.6 Å². The van der Waals surface area contributed by atoms with E-state index in [1.165, 1.54) is 17.0 Å². The second-order valence-corrected chi connectivity index (χ2v) is 5.01. The molecule has 0 aromatic heterocycles. The molecule has 21 heavy (non-hydrogen) atoms. The van der Waals surface area contributed by atoms with Crippen LogP contribution in [-0.2, 0) is 11.2 Å². The number of amides is 2. The van der Waals surface area contributed by atoms with Crippen molar-refractivity contribution in [3.8, 4) is 0 Å². The smallest absolute Gasteiger partial charge is 0.323 e. The fourth-order valence-electron chi connectivity index (χ4n) is 2.07. The van der Waals surface area contributed by atoms with E-state index in [9.17, 15) is 18.4 Å². The molecular weight excluding hydrogens is 282 g/mol. The van der Waals surface area contributed by atoms with Crippen molar-refractivity contribution in [3.63, 3.8) is 0 Å². The highest BCUT2D eigenvalue weighted by Gasteiger charge is 2.33. The van der Waals surface area contributed by atoms with Crippen LogP contribution in [0.4, 0.5) is 13.6 Å². The Labute approximate surface area is 120 Å². The molecule has 1 fully saturated rings. The lowest BCUT2D eigenvalue weighted by molar-refractivity contribution is -0.137. The number of aliphatic carboxylic acids is 1. The standard InChI is InChI=1S/C14H16F2N2O3/c15-10-5-9(6-11(16)7-10)3-4-17-14(21)18(8-13(19)20)12-1-2-12/h5-7,12H,1-4,8H2,(H,17,21)(H,19,20). The zero-order chi connectivity index (χ0) is 15.4. The molecule has 0 atom stereocenters. The van der Waals surface area contributed by atoms with Crippen LogP contribution in [-0.4, -0.2) is 41.1 Å². The van der Waals surface area contributed by atoms with Gasteiger partial charge < -0.3 is 15.3 Å². The van der Waals surface area contributed by atoms with Crippen LogP contribution >= 0.6 is 0 Å². The van der Waals surface area contributed by atoms with Gasteiger partial charge in [-0.2, -0.15) is 0 Å². The summed E-state index contributed by atoms with van der Waals surface area (Å²) in [7, 11) is 0. The molecule has 0 unspecified atom stereocenters. The zero-order valence-corrected chi connectivity index (χ0v) is 11.3. The molecule has 0 radical (unpaired) electrons. The molecule has 1 aromatic rings. The third-order valence-corrected chi connectivity index (χ3v) is 3.17. The number of benzene rings is 1. The third-order valence-electron chi connectivity index (χ3n) is 3.17. The predicted molar refractivity (Wildman–Crippen MR) is 70.8 cm³/mol. The van der Waals surface area contributed by atoms with E-state index in [0.29, 0.717) is 5.56 Å². The summed E-state index contributed by atoms with van der Waals surface area (Å²) in [4.78, 5) is 23.9. The zero-order valence-electron chi connectivity index (χ0n) is 11.3. The number of urea groups is 1. The Hall–Kier alpha value is -2.18. The van der Waals surface area contributed by atoms with Crippen molar-refractivity contribution in [1.29, 1.82) is 0 Å². The number of nitrogens with zero attached hydrogens (tertiary/aromatic N) is 1. The minimum absolute atomic E-state index is 0.0206. The number of hydrogen-bond donors (Lipinski definition) is 2. The van der Waals surface area contributed by atoms with E-state index in [1.54, 1.807) is 0 Å².